The van der Waals surface area contributed by atoms with Gasteiger partial charge in [0.1, 0.15) is 10.1 Å². The predicted molar refractivity (Wildman–Crippen MR) is 134 cm³/mol. The summed E-state index contributed by atoms with van der Waals surface area (Å²) in [5.74, 6) is 0.491. The summed E-state index contributed by atoms with van der Waals surface area (Å²) in [6.07, 6.45) is 3.33. The Labute approximate surface area is 266 Å². The fourth-order valence-corrected chi connectivity index (χ4v) is 5.67. The van der Waals surface area contributed by atoms with E-state index in [2.05, 4.69) is 24.1 Å². The van der Waals surface area contributed by atoms with Gasteiger partial charge in [-0.25, -0.2) is 8.42 Å². The molecule has 1 aliphatic rings. The van der Waals surface area contributed by atoms with Crippen LogP contribution in [0.5, 0.6) is 0 Å². The Morgan fingerprint density at radius 3 is 2.08 bits per heavy atom. The molecule has 9 nitrogen and oxygen atoms in total. The number of nitrogens with zero attached hydrogens (tertiary/aromatic N) is 1. The molecule has 13 heteroatoms. The maximum atomic E-state index is 11.6. The Kier molecular flexibility index (Phi) is 19.3. The van der Waals surface area contributed by atoms with Gasteiger partial charge < -0.3 is 29.1 Å². The van der Waals surface area contributed by atoms with Crippen LogP contribution >= 0.6 is 7.60 Å². The third kappa shape index (κ3) is 14.1. The fraction of sp³-hybridized carbons (Fsp3) is 0.625. The Balaban J connectivity index is 0. The van der Waals surface area contributed by atoms with Gasteiger partial charge in [-0.1, -0.05) is 51.5 Å². The average Bonchev–Trinajstić information content (AvgIpc) is 2.73. The molecule has 1 unspecified atom stereocenters. The molecule has 1 aromatic rings. The summed E-state index contributed by atoms with van der Waals surface area (Å²) < 4.78 is 42.8. The van der Waals surface area contributed by atoms with Crippen molar-refractivity contribution in [2.75, 3.05) is 13.1 Å². The standard InChI is InChI=1S/C17H33N2O4P.C7H8O3S.2Na/c1-6-19(7-2)17-11-14(24(21,22)23)8-9-15(17)16(10-12(3)4)18-13(5)20;1-6-2-4-7(5-3-6)11(8,9)10;;/h8,12,15-17H,6-7,9-11H2,1-5H3,(H,18,20)(H2,21,22,23);2-5H,1H3,(H,8,9,10);;/q;;2*+1/p-2/t15-,16+,17-;;;/m1.../s1. The summed E-state index contributed by atoms with van der Waals surface area (Å²) in [5, 5.41) is 3.19. The molecule has 1 aliphatic carbocycles. The zero-order valence-electron chi connectivity index (χ0n) is 23.4. The van der Waals surface area contributed by atoms with Gasteiger partial charge in [0.15, 0.2) is 7.60 Å². The van der Waals surface area contributed by atoms with Crippen molar-refractivity contribution in [1.82, 2.24) is 10.2 Å². The molecule has 0 aromatic heterocycles. The summed E-state index contributed by atoms with van der Waals surface area (Å²) in [6, 6.07) is 5.77. The van der Waals surface area contributed by atoms with Crippen LogP contribution in [0.3, 0.4) is 0 Å². The average molecular weight is 577 g/mol. The smallest absolute Gasteiger partial charge is 0.775 e. The van der Waals surface area contributed by atoms with Crippen LogP contribution in [0.25, 0.3) is 0 Å². The Morgan fingerprint density at radius 2 is 1.70 bits per heavy atom. The topological polar surface area (TPSA) is 150 Å². The van der Waals surface area contributed by atoms with Gasteiger partial charge in [-0.15, -0.1) is 0 Å². The molecule has 200 valence electrons. The molecule has 0 fully saturated rings. The van der Waals surface area contributed by atoms with Crippen LogP contribution in [0, 0.1) is 18.8 Å². The van der Waals surface area contributed by atoms with E-state index in [1.807, 2.05) is 20.8 Å². The minimum atomic E-state index is -4.45. The zero-order chi connectivity index (χ0) is 27.0. The minimum Gasteiger partial charge on any atom is -0.775 e. The first kappa shape index (κ1) is 39.6. The van der Waals surface area contributed by atoms with Crippen molar-refractivity contribution < 1.29 is 91.2 Å². The fourth-order valence-electron chi connectivity index (χ4n) is 4.45. The molecular formula is C24H39N2Na2O7PS. The van der Waals surface area contributed by atoms with Crippen molar-refractivity contribution in [3.63, 3.8) is 0 Å². The van der Waals surface area contributed by atoms with E-state index in [1.165, 1.54) is 19.1 Å². The van der Waals surface area contributed by atoms with E-state index in [1.54, 1.807) is 18.2 Å². The van der Waals surface area contributed by atoms with Gasteiger partial charge in [0, 0.05) is 19.0 Å². The van der Waals surface area contributed by atoms with Gasteiger partial charge in [-0.05, 0) is 68.6 Å². The molecular weight excluding hydrogens is 537 g/mol. The second kappa shape index (κ2) is 18.0. The van der Waals surface area contributed by atoms with Gasteiger partial charge in [-0.2, -0.15) is 0 Å². The second-order valence-electron chi connectivity index (χ2n) is 9.31. The molecule has 0 radical (unpaired) electrons. The largest absolute Gasteiger partial charge is 1.00 e. The molecule has 1 amide bonds. The summed E-state index contributed by atoms with van der Waals surface area (Å²) in [4.78, 5) is 34.7. The number of allylic oxidation sites excluding steroid dienone is 1. The Morgan fingerprint density at radius 1 is 1.19 bits per heavy atom. The number of hydrogen-bond acceptors (Lipinski definition) is 7. The van der Waals surface area contributed by atoms with Crippen LogP contribution in [0.4, 0.5) is 0 Å². The Hall–Kier alpha value is 0.450. The quantitative estimate of drug-likeness (QED) is 0.179. The molecule has 2 N–H and O–H groups in total. The summed E-state index contributed by atoms with van der Waals surface area (Å²) >= 11 is 0. The van der Waals surface area contributed by atoms with Crippen molar-refractivity contribution in [2.24, 2.45) is 11.8 Å². The van der Waals surface area contributed by atoms with Crippen LogP contribution in [0.1, 0.15) is 59.4 Å². The van der Waals surface area contributed by atoms with Gasteiger partial charge in [0.25, 0.3) is 0 Å². The van der Waals surface area contributed by atoms with Crippen LogP contribution < -0.4 is 69.3 Å². The third-order valence-electron chi connectivity index (χ3n) is 6.12. The van der Waals surface area contributed by atoms with Gasteiger partial charge in [0.05, 0.1) is 4.90 Å². The van der Waals surface area contributed by atoms with Crippen LogP contribution in [-0.2, 0) is 19.5 Å². The van der Waals surface area contributed by atoms with Crippen LogP contribution in [-0.4, -0.2) is 53.8 Å². The SMILES string of the molecule is CCN(CC)[C@@H]1CC(P(=O)([O-])O)=CC[C@@H]1[C@H](CC(C)C)NC(C)=O.Cc1ccc(S(=O)(=O)[O-])cc1.[Na+].[Na+]. The number of amides is 1. The molecule has 1 aromatic carbocycles. The van der Waals surface area contributed by atoms with Crippen molar-refractivity contribution in [3.05, 3.63) is 41.2 Å². The number of rotatable bonds is 9. The van der Waals surface area contributed by atoms with E-state index in [0.717, 1.165) is 25.1 Å². The molecule has 0 heterocycles. The number of aryl methyl sites for hydroxylation is 1. The maximum Gasteiger partial charge on any atom is 1.00 e. The Bertz CT molecular complexity index is 1010. The second-order valence-corrected chi connectivity index (χ2v) is 12.3. The predicted octanol–water partition coefficient (Wildman–Crippen LogP) is -3.01. The van der Waals surface area contributed by atoms with Crippen molar-refractivity contribution >= 4 is 23.6 Å². The molecule has 0 saturated carbocycles. The molecule has 0 bridgehead atoms. The minimum absolute atomic E-state index is 0. The van der Waals surface area contributed by atoms with Gasteiger partial charge in [-0.3, -0.25) is 4.79 Å². The van der Waals surface area contributed by atoms with Gasteiger partial charge >= 0.3 is 59.1 Å². The van der Waals surface area contributed by atoms with Crippen molar-refractivity contribution in [1.29, 1.82) is 0 Å². The van der Waals surface area contributed by atoms with E-state index >= 15 is 0 Å². The first-order valence-electron chi connectivity index (χ1n) is 11.9. The van der Waals surface area contributed by atoms with Crippen molar-refractivity contribution in [3.8, 4) is 0 Å². The number of nitrogens with one attached hydrogen (secondary N) is 1. The summed E-state index contributed by atoms with van der Waals surface area (Å²) in [5.41, 5.74) is 0.928. The third-order valence-corrected chi connectivity index (χ3v) is 8.06. The normalized spacial score (nSPS) is 19.8. The first-order chi connectivity index (χ1) is 16.1. The number of benzene rings is 1. The summed E-state index contributed by atoms with van der Waals surface area (Å²) in [6.45, 7) is 13.3. The molecule has 0 saturated heterocycles. The van der Waals surface area contributed by atoms with E-state index in [-0.39, 0.29) is 93.2 Å². The molecule has 37 heavy (non-hydrogen) atoms. The van der Waals surface area contributed by atoms with Crippen LogP contribution in [0.15, 0.2) is 40.6 Å². The monoisotopic (exact) mass is 576 g/mol. The van der Waals surface area contributed by atoms with Crippen molar-refractivity contribution in [2.45, 2.75) is 77.8 Å². The number of carbonyl (C=O) groups is 1. The van der Waals surface area contributed by atoms with E-state index in [0.29, 0.717) is 18.8 Å². The molecule has 0 spiro atoms. The van der Waals surface area contributed by atoms with E-state index in [4.69, 9.17) is 0 Å². The zero-order valence-corrected chi connectivity index (χ0v) is 29.1. The maximum absolute atomic E-state index is 11.6. The number of carbonyl (C=O) groups excluding carboxylic acids is 1. The molecule has 2 rings (SSSR count). The molecule has 4 atom stereocenters. The number of hydrogen-bond donors (Lipinski definition) is 2. The van der Waals surface area contributed by atoms with Gasteiger partial charge in [0.2, 0.25) is 5.91 Å². The molecule has 0 aliphatic heterocycles. The van der Waals surface area contributed by atoms with Crippen LogP contribution in [0.2, 0.25) is 0 Å². The van der Waals surface area contributed by atoms with E-state index < -0.39 is 17.7 Å². The first-order valence-corrected chi connectivity index (χ1v) is 14.9. The summed E-state index contributed by atoms with van der Waals surface area (Å²) in [7, 11) is -8.72. The van der Waals surface area contributed by atoms with E-state index in [9.17, 15) is 32.1 Å².